The van der Waals surface area contributed by atoms with Crippen molar-refractivity contribution in [1.29, 1.82) is 0 Å². The molecular formula is C11H11FO4S. The molecule has 0 aromatic heterocycles. The Bertz CT molecular complexity index is 587. The monoisotopic (exact) mass is 258 g/mol. The molecule has 1 aromatic rings. The number of rotatable bonds is 3. The fourth-order valence-electron chi connectivity index (χ4n) is 1.99. The van der Waals surface area contributed by atoms with Gasteiger partial charge in [-0.25, -0.2) is 12.8 Å². The van der Waals surface area contributed by atoms with Gasteiger partial charge in [-0.05, 0) is 24.5 Å². The molecule has 4 nitrogen and oxygen atoms in total. The van der Waals surface area contributed by atoms with Gasteiger partial charge < -0.3 is 5.11 Å². The molecule has 0 radical (unpaired) electrons. The molecule has 92 valence electrons. The molecule has 0 saturated heterocycles. The molecule has 0 atom stereocenters. The summed E-state index contributed by atoms with van der Waals surface area (Å²) in [6.07, 6.45) is 1.56. The first-order chi connectivity index (χ1) is 7.79. The lowest BCUT2D eigenvalue weighted by molar-refractivity contribution is -0.140. The lowest BCUT2D eigenvalue weighted by Gasteiger charge is -2.14. The van der Waals surface area contributed by atoms with E-state index < -0.39 is 31.9 Å². The molecule has 1 aliphatic rings. The zero-order chi connectivity index (χ0) is 12.8. The van der Waals surface area contributed by atoms with Crippen LogP contribution in [0.4, 0.5) is 4.39 Å². The molecule has 1 aliphatic carbocycles. The van der Waals surface area contributed by atoms with E-state index >= 15 is 0 Å². The van der Waals surface area contributed by atoms with Crippen LogP contribution in [-0.4, -0.2) is 25.7 Å². The number of sulfone groups is 1. The molecule has 0 aliphatic heterocycles. The fourth-order valence-corrected chi connectivity index (χ4v) is 3.07. The van der Waals surface area contributed by atoms with Crippen LogP contribution < -0.4 is 0 Å². The lowest BCUT2D eigenvalue weighted by Crippen LogP contribution is -2.23. The third-order valence-corrected chi connectivity index (χ3v) is 4.17. The van der Waals surface area contributed by atoms with Gasteiger partial charge in [-0.2, -0.15) is 0 Å². The summed E-state index contributed by atoms with van der Waals surface area (Å²) in [7, 11) is -3.78. The number of carbonyl (C=O) groups is 1. The maximum absolute atomic E-state index is 13.6. The molecule has 0 heterocycles. The second-order valence-electron chi connectivity index (χ2n) is 4.28. The molecular weight excluding hydrogens is 247 g/mol. The number of carboxylic acid groups (broad SMARTS) is 1. The van der Waals surface area contributed by atoms with Gasteiger partial charge in [0.05, 0.1) is 5.41 Å². The van der Waals surface area contributed by atoms with Crippen molar-refractivity contribution in [1.82, 2.24) is 0 Å². The molecule has 1 fully saturated rings. The zero-order valence-corrected chi connectivity index (χ0v) is 9.92. The van der Waals surface area contributed by atoms with Crippen molar-refractivity contribution in [3.05, 3.63) is 29.6 Å². The molecule has 17 heavy (non-hydrogen) atoms. The maximum Gasteiger partial charge on any atom is 0.314 e. The Labute approximate surface area is 98.0 Å². The Kier molecular flexibility index (Phi) is 2.50. The zero-order valence-electron chi connectivity index (χ0n) is 9.10. The standard InChI is InChI=1S/C11H11FO4S/c1-17(15,16)9-7(3-2-4-8(9)12)11(5-6-11)10(13)14/h2-4H,5-6H2,1H3,(H,13,14). The highest BCUT2D eigenvalue weighted by Crippen LogP contribution is 2.50. The summed E-state index contributed by atoms with van der Waals surface area (Å²) in [5.74, 6) is -1.99. The van der Waals surface area contributed by atoms with E-state index in [0.29, 0.717) is 12.8 Å². The van der Waals surface area contributed by atoms with Crippen LogP contribution >= 0.6 is 0 Å². The van der Waals surface area contributed by atoms with Gasteiger partial charge in [0.2, 0.25) is 0 Å². The summed E-state index contributed by atoms with van der Waals surface area (Å²) in [4.78, 5) is 10.7. The van der Waals surface area contributed by atoms with E-state index in [1.165, 1.54) is 12.1 Å². The molecule has 0 spiro atoms. The first-order valence-electron chi connectivity index (χ1n) is 5.01. The third-order valence-electron chi connectivity index (χ3n) is 3.01. The first-order valence-corrected chi connectivity index (χ1v) is 6.90. The summed E-state index contributed by atoms with van der Waals surface area (Å²) >= 11 is 0. The van der Waals surface area contributed by atoms with Gasteiger partial charge in [0.15, 0.2) is 9.84 Å². The van der Waals surface area contributed by atoms with E-state index in [4.69, 9.17) is 5.11 Å². The Balaban J connectivity index is 2.72. The minimum absolute atomic E-state index is 0.0625. The maximum atomic E-state index is 13.6. The predicted octanol–water partition coefficient (Wildman–Crippen LogP) is 1.35. The van der Waals surface area contributed by atoms with Crippen LogP contribution in [0.1, 0.15) is 18.4 Å². The third kappa shape index (κ3) is 1.82. The van der Waals surface area contributed by atoms with Crippen molar-refractivity contribution in [2.24, 2.45) is 0 Å². The SMILES string of the molecule is CS(=O)(=O)c1c(F)cccc1C1(C(=O)O)CC1. The molecule has 0 bridgehead atoms. The molecule has 0 unspecified atom stereocenters. The summed E-state index contributed by atoms with van der Waals surface area (Å²) < 4.78 is 36.7. The van der Waals surface area contributed by atoms with Gasteiger partial charge in [0.25, 0.3) is 0 Å². The number of hydrogen-bond donors (Lipinski definition) is 1. The number of halogens is 1. The number of hydrogen-bond acceptors (Lipinski definition) is 3. The fraction of sp³-hybridized carbons (Fsp3) is 0.364. The Morgan fingerprint density at radius 2 is 2.00 bits per heavy atom. The Morgan fingerprint density at radius 1 is 1.41 bits per heavy atom. The van der Waals surface area contributed by atoms with Crippen LogP contribution in [0.2, 0.25) is 0 Å². The normalized spacial score (nSPS) is 17.8. The van der Waals surface area contributed by atoms with Gasteiger partial charge in [-0.15, -0.1) is 0 Å². The van der Waals surface area contributed by atoms with E-state index in [0.717, 1.165) is 12.3 Å². The highest BCUT2D eigenvalue weighted by Gasteiger charge is 2.54. The van der Waals surface area contributed by atoms with E-state index in [1.54, 1.807) is 0 Å². The van der Waals surface area contributed by atoms with Gasteiger partial charge in [0, 0.05) is 6.26 Å². The van der Waals surface area contributed by atoms with Crippen molar-refractivity contribution < 1.29 is 22.7 Å². The smallest absolute Gasteiger partial charge is 0.314 e. The largest absolute Gasteiger partial charge is 0.481 e. The predicted molar refractivity (Wildman–Crippen MR) is 58.1 cm³/mol. The van der Waals surface area contributed by atoms with Crippen LogP contribution in [0.3, 0.4) is 0 Å². The van der Waals surface area contributed by atoms with Crippen LogP contribution in [-0.2, 0) is 20.0 Å². The molecule has 6 heteroatoms. The number of aliphatic carboxylic acids is 1. The first kappa shape index (κ1) is 12.0. The average molecular weight is 258 g/mol. The van der Waals surface area contributed by atoms with Crippen molar-refractivity contribution in [2.45, 2.75) is 23.2 Å². The van der Waals surface area contributed by atoms with Gasteiger partial charge >= 0.3 is 5.97 Å². The lowest BCUT2D eigenvalue weighted by atomic mass is 9.96. The van der Waals surface area contributed by atoms with Crippen molar-refractivity contribution >= 4 is 15.8 Å². The minimum atomic E-state index is -3.78. The second kappa shape index (κ2) is 3.53. The van der Waals surface area contributed by atoms with Crippen molar-refractivity contribution in [3.8, 4) is 0 Å². The van der Waals surface area contributed by atoms with Crippen LogP contribution in [0.15, 0.2) is 23.1 Å². The molecule has 1 N–H and O–H groups in total. The van der Waals surface area contributed by atoms with Gasteiger partial charge in [-0.1, -0.05) is 12.1 Å². The van der Waals surface area contributed by atoms with Gasteiger partial charge in [-0.3, -0.25) is 4.79 Å². The van der Waals surface area contributed by atoms with Gasteiger partial charge in [0.1, 0.15) is 10.7 Å². The van der Waals surface area contributed by atoms with Crippen molar-refractivity contribution in [2.75, 3.05) is 6.26 Å². The van der Waals surface area contributed by atoms with Crippen LogP contribution in [0.5, 0.6) is 0 Å². The Hall–Kier alpha value is -1.43. The Morgan fingerprint density at radius 3 is 2.41 bits per heavy atom. The summed E-state index contributed by atoms with van der Waals surface area (Å²) in [6.45, 7) is 0. The molecule has 2 rings (SSSR count). The van der Waals surface area contributed by atoms with Crippen LogP contribution in [0.25, 0.3) is 0 Å². The molecule has 1 aromatic carbocycles. The molecule has 1 saturated carbocycles. The van der Waals surface area contributed by atoms with E-state index in [1.807, 2.05) is 0 Å². The summed E-state index contributed by atoms with van der Waals surface area (Å²) in [5.41, 5.74) is -1.16. The summed E-state index contributed by atoms with van der Waals surface area (Å²) in [5, 5.41) is 9.12. The number of benzene rings is 1. The second-order valence-corrected chi connectivity index (χ2v) is 6.23. The van der Waals surface area contributed by atoms with E-state index in [2.05, 4.69) is 0 Å². The number of carboxylic acids is 1. The molecule has 0 amide bonds. The van der Waals surface area contributed by atoms with Crippen molar-refractivity contribution in [3.63, 3.8) is 0 Å². The quantitative estimate of drug-likeness (QED) is 0.888. The summed E-state index contributed by atoms with van der Waals surface area (Å²) in [6, 6.07) is 3.74. The van der Waals surface area contributed by atoms with E-state index in [9.17, 15) is 17.6 Å². The van der Waals surface area contributed by atoms with Crippen LogP contribution in [0, 0.1) is 5.82 Å². The highest BCUT2D eigenvalue weighted by atomic mass is 32.2. The minimum Gasteiger partial charge on any atom is -0.481 e. The average Bonchev–Trinajstić information content (AvgIpc) is 2.95. The highest BCUT2D eigenvalue weighted by molar-refractivity contribution is 7.90. The topological polar surface area (TPSA) is 71.4 Å². The van der Waals surface area contributed by atoms with E-state index in [-0.39, 0.29) is 5.56 Å².